The van der Waals surface area contributed by atoms with Crippen molar-refractivity contribution in [1.29, 1.82) is 0 Å². The van der Waals surface area contributed by atoms with Crippen LogP contribution in [-0.2, 0) is 7.05 Å². The van der Waals surface area contributed by atoms with E-state index >= 15 is 0 Å². The minimum Gasteiger partial charge on any atom is -0.493 e. The fourth-order valence-corrected chi connectivity index (χ4v) is 2.99. The maximum Gasteiger partial charge on any atom is 0.164 e. The molecule has 3 rings (SSSR count). The predicted molar refractivity (Wildman–Crippen MR) is 95.6 cm³/mol. The molecule has 0 spiro atoms. The Kier molecular flexibility index (Phi) is 4.84. The zero-order valence-corrected chi connectivity index (χ0v) is 15.2. The number of hydrogen-bond donors (Lipinski definition) is 1. The summed E-state index contributed by atoms with van der Waals surface area (Å²) in [6.45, 7) is 2.56. The topological polar surface area (TPSA) is 74.1 Å². The van der Waals surface area contributed by atoms with Crippen LogP contribution in [0.1, 0.15) is 6.92 Å². The molecule has 126 valence electrons. The second-order valence-electron chi connectivity index (χ2n) is 5.30. The average Bonchev–Trinajstić information content (AvgIpc) is 2.88. The highest BCUT2D eigenvalue weighted by Gasteiger charge is 2.14. The summed E-state index contributed by atoms with van der Waals surface area (Å²) in [5, 5.41) is 8.46. The van der Waals surface area contributed by atoms with E-state index in [4.69, 9.17) is 9.47 Å². The van der Waals surface area contributed by atoms with Crippen molar-refractivity contribution in [3.8, 4) is 11.5 Å². The summed E-state index contributed by atoms with van der Waals surface area (Å²) in [6, 6.07) is 7.58. The minimum atomic E-state index is -0.0817. The van der Waals surface area contributed by atoms with Crippen LogP contribution < -0.4 is 14.8 Å². The maximum atomic E-state index is 5.94. The SMILES string of the molecule is COc1ccccc1OC(C)CNc1ncnc2c1c(Br)nn2C. The first-order chi connectivity index (χ1) is 11.6. The van der Waals surface area contributed by atoms with Crippen molar-refractivity contribution < 1.29 is 9.47 Å². The molecule has 0 aliphatic rings. The van der Waals surface area contributed by atoms with Crippen molar-refractivity contribution in [1.82, 2.24) is 19.7 Å². The summed E-state index contributed by atoms with van der Waals surface area (Å²) in [5.74, 6) is 2.14. The van der Waals surface area contributed by atoms with E-state index in [-0.39, 0.29) is 6.10 Å². The van der Waals surface area contributed by atoms with Gasteiger partial charge in [0, 0.05) is 7.05 Å². The largest absolute Gasteiger partial charge is 0.493 e. The van der Waals surface area contributed by atoms with Crippen LogP contribution in [0.4, 0.5) is 5.82 Å². The average molecular weight is 392 g/mol. The summed E-state index contributed by atoms with van der Waals surface area (Å²) in [7, 11) is 3.47. The Morgan fingerprint density at radius 2 is 2.00 bits per heavy atom. The van der Waals surface area contributed by atoms with Crippen molar-refractivity contribution >= 4 is 32.8 Å². The van der Waals surface area contributed by atoms with Crippen molar-refractivity contribution in [3.05, 3.63) is 35.2 Å². The van der Waals surface area contributed by atoms with Gasteiger partial charge in [-0.3, -0.25) is 0 Å². The molecule has 2 heterocycles. The highest BCUT2D eigenvalue weighted by atomic mass is 79.9. The smallest absolute Gasteiger partial charge is 0.164 e. The van der Waals surface area contributed by atoms with E-state index in [0.29, 0.717) is 22.6 Å². The van der Waals surface area contributed by atoms with E-state index in [1.165, 1.54) is 6.33 Å². The van der Waals surface area contributed by atoms with Gasteiger partial charge in [0.25, 0.3) is 0 Å². The number of para-hydroxylation sites is 2. The minimum absolute atomic E-state index is 0.0817. The van der Waals surface area contributed by atoms with Gasteiger partial charge in [0.05, 0.1) is 19.0 Å². The van der Waals surface area contributed by atoms with Gasteiger partial charge < -0.3 is 14.8 Å². The van der Waals surface area contributed by atoms with Crippen LogP contribution in [0.15, 0.2) is 35.2 Å². The van der Waals surface area contributed by atoms with Crippen LogP contribution in [0.5, 0.6) is 11.5 Å². The van der Waals surface area contributed by atoms with Gasteiger partial charge in [0.2, 0.25) is 0 Å². The molecule has 0 aliphatic heterocycles. The normalized spacial score (nSPS) is 12.2. The molecule has 0 bridgehead atoms. The number of fused-ring (bicyclic) bond motifs is 1. The predicted octanol–water partition coefficient (Wildman–Crippen LogP) is 3.01. The summed E-state index contributed by atoms with van der Waals surface area (Å²) < 4.78 is 13.7. The van der Waals surface area contributed by atoms with Crippen molar-refractivity contribution in [2.75, 3.05) is 19.0 Å². The first kappa shape index (κ1) is 16.5. The lowest BCUT2D eigenvalue weighted by Gasteiger charge is -2.17. The monoisotopic (exact) mass is 391 g/mol. The van der Waals surface area contributed by atoms with Crippen molar-refractivity contribution in [2.45, 2.75) is 13.0 Å². The summed E-state index contributed by atoms with van der Waals surface area (Å²) in [5.41, 5.74) is 0.762. The van der Waals surface area contributed by atoms with Crippen LogP contribution in [0.25, 0.3) is 11.0 Å². The number of nitrogens with zero attached hydrogens (tertiary/aromatic N) is 4. The van der Waals surface area contributed by atoms with Crippen LogP contribution in [0, 0.1) is 0 Å². The molecule has 1 N–H and O–H groups in total. The molecule has 2 aromatic heterocycles. The second kappa shape index (κ2) is 7.04. The molecular formula is C16H18BrN5O2. The molecule has 0 amide bonds. The van der Waals surface area contributed by atoms with E-state index in [9.17, 15) is 0 Å². The lowest BCUT2D eigenvalue weighted by Crippen LogP contribution is -2.23. The Morgan fingerprint density at radius 1 is 1.25 bits per heavy atom. The van der Waals surface area contributed by atoms with E-state index < -0.39 is 0 Å². The van der Waals surface area contributed by atoms with Gasteiger partial charge >= 0.3 is 0 Å². The zero-order chi connectivity index (χ0) is 17.1. The van der Waals surface area contributed by atoms with Gasteiger partial charge in [-0.25, -0.2) is 14.6 Å². The van der Waals surface area contributed by atoms with Gasteiger partial charge in [0.15, 0.2) is 17.1 Å². The number of anilines is 1. The number of ether oxygens (including phenoxy) is 2. The Balaban J connectivity index is 1.72. The van der Waals surface area contributed by atoms with Gasteiger partial charge in [-0.2, -0.15) is 5.10 Å². The molecule has 24 heavy (non-hydrogen) atoms. The van der Waals surface area contributed by atoms with E-state index in [1.54, 1.807) is 11.8 Å². The quantitative estimate of drug-likeness (QED) is 0.695. The standard InChI is InChI=1S/C16H18BrN5O2/c1-10(24-12-7-5-4-6-11(12)23-3)8-18-15-13-14(17)21-22(2)16(13)20-9-19-15/h4-7,9-10H,8H2,1-3H3,(H,18,19,20). The fraction of sp³-hybridized carbons (Fsp3) is 0.312. The second-order valence-corrected chi connectivity index (χ2v) is 6.05. The van der Waals surface area contributed by atoms with Crippen molar-refractivity contribution in [2.24, 2.45) is 7.05 Å². The number of aromatic nitrogens is 4. The number of aryl methyl sites for hydroxylation is 1. The molecule has 0 fully saturated rings. The molecule has 1 aromatic carbocycles. The molecule has 0 saturated carbocycles. The van der Waals surface area contributed by atoms with Gasteiger partial charge in [-0.05, 0) is 35.0 Å². The maximum absolute atomic E-state index is 5.94. The number of benzene rings is 1. The summed E-state index contributed by atoms with van der Waals surface area (Å²) >= 11 is 3.45. The number of hydrogen-bond acceptors (Lipinski definition) is 6. The third-order valence-electron chi connectivity index (χ3n) is 3.53. The molecule has 7 nitrogen and oxygen atoms in total. The fourth-order valence-electron chi connectivity index (χ4n) is 2.39. The molecule has 0 aliphatic carbocycles. The third kappa shape index (κ3) is 3.28. The van der Waals surface area contributed by atoms with Crippen LogP contribution in [-0.4, -0.2) is 39.5 Å². The first-order valence-corrected chi connectivity index (χ1v) is 8.26. The van der Waals surface area contributed by atoms with Crippen LogP contribution in [0.2, 0.25) is 0 Å². The lowest BCUT2D eigenvalue weighted by atomic mass is 10.3. The number of halogens is 1. The highest BCUT2D eigenvalue weighted by Crippen LogP contribution is 2.28. The Morgan fingerprint density at radius 3 is 2.75 bits per heavy atom. The molecule has 1 atom stereocenters. The van der Waals surface area contributed by atoms with Gasteiger partial charge in [0.1, 0.15) is 22.9 Å². The van der Waals surface area contributed by atoms with Crippen molar-refractivity contribution in [3.63, 3.8) is 0 Å². The van der Waals surface area contributed by atoms with E-state index in [0.717, 1.165) is 16.9 Å². The zero-order valence-electron chi connectivity index (χ0n) is 13.7. The number of methoxy groups -OCH3 is 1. The Labute approximate surface area is 148 Å². The molecule has 0 radical (unpaired) electrons. The first-order valence-electron chi connectivity index (χ1n) is 7.47. The number of rotatable bonds is 6. The van der Waals surface area contributed by atoms with Gasteiger partial charge in [-0.1, -0.05) is 12.1 Å². The molecule has 3 aromatic rings. The summed E-state index contributed by atoms with van der Waals surface area (Å²) in [4.78, 5) is 8.56. The molecule has 1 unspecified atom stereocenters. The number of nitrogens with one attached hydrogen (secondary N) is 1. The lowest BCUT2D eigenvalue weighted by molar-refractivity contribution is 0.223. The van der Waals surface area contributed by atoms with E-state index in [2.05, 4.69) is 36.3 Å². The van der Waals surface area contributed by atoms with Crippen LogP contribution >= 0.6 is 15.9 Å². The molecule has 8 heteroatoms. The Hall–Kier alpha value is -2.35. The third-order valence-corrected chi connectivity index (χ3v) is 4.09. The van der Waals surface area contributed by atoms with E-state index in [1.807, 2.05) is 38.2 Å². The summed E-state index contributed by atoms with van der Waals surface area (Å²) in [6.07, 6.45) is 1.44. The molecular weight excluding hydrogens is 374 g/mol. The highest BCUT2D eigenvalue weighted by molar-refractivity contribution is 9.10. The molecule has 0 saturated heterocycles. The Bertz CT molecular complexity index is 852. The van der Waals surface area contributed by atoms with Gasteiger partial charge in [-0.15, -0.1) is 0 Å². The van der Waals surface area contributed by atoms with Crippen LogP contribution in [0.3, 0.4) is 0 Å².